The zero-order valence-electron chi connectivity index (χ0n) is 9.61. The maximum Gasteiger partial charge on any atom is 0.152 e. The minimum absolute atomic E-state index is 0.219. The minimum Gasteiger partial charge on any atom is -0.305 e. The van der Waals surface area contributed by atoms with Crippen molar-refractivity contribution >= 4 is 25.8 Å². The summed E-state index contributed by atoms with van der Waals surface area (Å²) in [6.07, 6.45) is 2.41. The monoisotopic (exact) mass is 318 g/mol. The van der Waals surface area contributed by atoms with Gasteiger partial charge in [-0.25, -0.2) is 8.42 Å². The molecule has 1 aliphatic heterocycles. The number of aromatic nitrogens is 1. The molecule has 4 nitrogen and oxygen atoms in total. The first-order valence-electron chi connectivity index (χ1n) is 5.45. The van der Waals surface area contributed by atoms with Gasteiger partial charge in [-0.2, -0.15) is 0 Å². The third kappa shape index (κ3) is 3.50. The number of nitrogens with one attached hydrogen (secondary N) is 1. The highest BCUT2D eigenvalue weighted by Gasteiger charge is 2.37. The molecular weight excluding hydrogens is 304 g/mol. The van der Waals surface area contributed by atoms with Crippen molar-refractivity contribution in [3.05, 3.63) is 28.5 Å². The van der Waals surface area contributed by atoms with Crippen LogP contribution in [0.2, 0.25) is 0 Å². The van der Waals surface area contributed by atoms with E-state index in [0.717, 1.165) is 10.2 Å². The molecule has 1 aromatic rings. The van der Waals surface area contributed by atoms with Crippen LogP contribution >= 0.6 is 15.9 Å². The molecule has 2 heterocycles. The van der Waals surface area contributed by atoms with Crippen LogP contribution in [0.4, 0.5) is 0 Å². The number of halogens is 1. The second-order valence-electron chi connectivity index (χ2n) is 4.72. The van der Waals surface area contributed by atoms with Crippen LogP contribution in [-0.4, -0.2) is 30.4 Å². The van der Waals surface area contributed by atoms with Crippen molar-refractivity contribution in [2.24, 2.45) is 0 Å². The second kappa shape index (κ2) is 4.66. The van der Waals surface area contributed by atoms with Gasteiger partial charge in [0.2, 0.25) is 0 Å². The molecule has 1 saturated heterocycles. The first kappa shape index (κ1) is 13.0. The van der Waals surface area contributed by atoms with Gasteiger partial charge < -0.3 is 5.32 Å². The van der Waals surface area contributed by atoms with Gasteiger partial charge in [0, 0.05) is 22.8 Å². The fourth-order valence-corrected chi connectivity index (χ4v) is 4.32. The first-order valence-corrected chi connectivity index (χ1v) is 8.06. The summed E-state index contributed by atoms with van der Waals surface area (Å²) >= 11 is 3.33. The van der Waals surface area contributed by atoms with Gasteiger partial charge in [-0.3, -0.25) is 4.98 Å². The SMILES string of the molecule is CC1(NCc2ccc(Br)cn2)CCS(=O)(=O)C1. The summed E-state index contributed by atoms with van der Waals surface area (Å²) in [6, 6.07) is 3.85. The Kier molecular flexibility index (Phi) is 3.56. The van der Waals surface area contributed by atoms with Crippen LogP contribution in [0.3, 0.4) is 0 Å². The summed E-state index contributed by atoms with van der Waals surface area (Å²) in [6.45, 7) is 2.55. The third-order valence-corrected chi connectivity index (χ3v) is 5.36. The van der Waals surface area contributed by atoms with Crippen LogP contribution < -0.4 is 5.32 Å². The van der Waals surface area contributed by atoms with Crippen LogP contribution in [-0.2, 0) is 16.4 Å². The van der Waals surface area contributed by atoms with E-state index in [0.29, 0.717) is 13.0 Å². The number of hydrogen-bond acceptors (Lipinski definition) is 4. The predicted molar refractivity (Wildman–Crippen MR) is 70.5 cm³/mol. The molecule has 1 unspecified atom stereocenters. The molecule has 0 bridgehead atoms. The quantitative estimate of drug-likeness (QED) is 0.917. The molecule has 1 aromatic heterocycles. The zero-order valence-corrected chi connectivity index (χ0v) is 12.0. The number of sulfone groups is 1. The largest absolute Gasteiger partial charge is 0.305 e. The fraction of sp³-hybridized carbons (Fsp3) is 0.545. The Morgan fingerprint density at radius 2 is 2.29 bits per heavy atom. The number of hydrogen-bond donors (Lipinski definition) is 1. The second-order valence-corrected chi connectivity index (χ2v) is 7.82. The summed E-state index contributed by atoms with van der Waals surface area (Å²) in [5.41, 5.74) is 0.604. The Hall–Kier alpha value is -0.460. The van der Waals surface area contributed by atoms with Gasteiger partial charge in [0.15, 0.2) is 9.84 Å². The molecular formula is C11H15BrN2O2S. The molecule has 0 amide bonds. The van der Waals surface area contributed by atoms with E-state index in [-0.39, 0.29) is 17.0 Å². The Morgan fingerprint density at radius 3 is 2.82 bits per heavy atom. The van der Waals surface area contributed by atoms with Crippen LogP contribution in [0.15, 0.2) is 22.8 Å². The van der Waals surface area contributed by atoms with Gasteiger partial charge in [-0.05, 0) is 41.4 Å². The summed E-state index contributed by atoms with van der Waals surface area (Å²) in [5.74, 6) is 0.501. The maximum absolute atomic E-state index is 11.4. The van der Waals surface area contributed by atoms with Crippen LogP contribution in [0.25, 0.3) is 0 Å². The molecule has 0 aromatic carbocycles. The van der Waals surface area contributed by atoms with Crippen molar-refractivity contribution in [1.82, 2.24) is 10.3 Å². The molecule has 2 rings (SSSR count). The van der Waals surface area contributed by atoms with E-state index < -0.39 is 9.84 Å². The minimum atomic E-state index is -2.86. The maximum atomic E-state index is 11.4. The van der Waals surface area contributed by atoms with Gasteiger partial charge in [0.1, 0.15) is 0 Å². The van der Waals surface area contributed by atoms with Crippen molar-refractivity contribution in [3.63, 3.8) is 0 Å². The van der Waals surface area contributed by atoms with E-state index in [1.807, 2.05) is 19.1 Å². The number of rotatable bonds is 3. The molecule has 1 N–H and O–H groups in total. The average Bonchev–Trinajstić information content (AvgIpc) is 2.53. The lowest BCUT2D eigenvalue weighted by Gasteiger charge is -2.23. The van der Waals surface area contributed by atoms with Crippen molar-refractivity contribution in [2.75, 3.05) is 11.5 Å². The molecule has 6 heteroatoms. The fourth-order valence-electron chi connectivity index (χ4n) is 1.96. The number of pyridine rings is 1. The van der Waals surface area contributed by atoms with E-state index in [1.165, 1.54) is 0 Å². The Morgan fingerprint density at radius 1 is 1.53 bits per heavy atom. The summed E-state index contributed by atoms with van der Waals surface area (Å²) in [7, 11) is -2.86. The Labute approximate surface area is 110 Å². The molecule has 1 aliphatic rings. The van der Waals surface area contributed by atoms with Crippen molar-refractivity contribution in [1.29, 1.82) is 0 Å². The van der Waals surface area contributed by atoms with E-state index in [2.05, 4.69) is 26.2 Å². The molecule has 0 saturated carbocycles. The molecule has 1 fully saturated rings. The van der Waals surface area contributed by atoms with Crippen molar-refractivity contribution < 1.29 is 8.42 Å². The summed E-state index contributed by atoms with van der Waals surface area (Å²) in [5, 5.41) is 3.29. The molecule has 94 valence electrons. The van der Waals surface area contributed by atoms with Crippen molar-refractivity contribution in [3.8, 4) is 0 Å². The van der Waals surface area contributed by atoms with Crippen LogP contribution in [0, 0.1) is 0 Å². The Balaban J connectivity index is 1.97. The molecule has 0 radical (unpaired) electrons. The van der Waals surface area contributed by atoms with E-state index in [9.17, 15) is 8.42 Å². The van der Waals surface area contributed by atoms with Gasteiger partial charge in [0.25, 0.3) is 0 Å². The topological polar surface area (TPSA) is 59.1 Å². The number of nitrogens with zero attached hydrogens (tertiary/aromatic N) is 1. The molecule has 1 atom stereocenters. The lowest BCUT2D eigenvalue weighted by Crippen LogP contribution is -2.42. The van der Waals surface area contributed by atoms with E-state index >= 15 is 0 Å². The summed E-state index contributed by atoms with van der Waals surface area (Å²) in [4.78, 5) is 4.25. The van der Waals surface area contributed by atoms with Crippen molar-refractivity contribution in [2.45, 2.75) is 25.4 Å². The normalized spacial score (nSPS) is 27.2. The van der Waals surface area contributed by atoms with Gasteiger partial charge in [-0.1, -0.05) is 0 Å². The molecule has 17 heavy (non-hydrogen) atoms. The average molecular weight is 319 g/mol. The molecule has 0 spiro atoms. The lowest BCUT2D eigenvalue weighted by atomic mass is 10.0. The highest BCUT2D eigenvalue weighted by Crippen LogP contribution is 2.23. The standard InChI is InChI=1S/C11H15BrN2O2S/c1-11(4-5-17(15,16)8-11)14-7-10-3-2-9(12)6-13-10/h2-3,6,14H,4-5,7-8H2,1H3. The lowest BCUT2D eigenvalue weighted by molar-refractivity contribution is 0.393. The third-order valence-electron chi connectivity index (χ3n) is 2.99. The van der Waals surface area contributed by atoms with E-state index in [4.69, 9.17) is 0 Å². The van der Waals surface area contributed by atoms with Crippen LogP contribution in [0.1, 0.15) is 19.0 Å². The van der Waals surface area contributed by atoms with Crippen LogP contribution in [0.5, 0.6) is 0 Å². The van der Waals surface area contributed by atoms with Gasteiger partial charge >= 0.3 is 0 Å². The highest BCUT2D eigenvalue weighted by molar-refractivity contribution is 9.10. The Bertz CT molecular complexity index is 501. The van der Waals surface area contributed by atoms with Gasteiger partial charge in [0.05, 0.1) is 17.2 Å². The molecule has 0 aliphatic carbocycles. The summed E-state index contributed by atoms with van der Waals surface area (Å²) < 4.78 is 23.8. The first-order chi connectivity index (χ1) is 7.89. The van der Waals surface area contributed by atoms with E-state index in [1.54, 1.807) is 6.20 Å². The predicted octanol–water partition coefficient (Wildman–Crippen LogP) is 1.51. The van der Waals surface area contributed by atoms with Gasteiger partial charge in [-0.15, -0.1) is 0 Å². The zero-order chi connectivity index (χ0) is 12.5. The highest BCUT2D eigenvalue weighted by atomic mass is 79.9. The smallest absolute Gasteiger partial charge is 0.152 e.